The van der Waals surface area contributed by atoms with E-state index < -0.39 is 0 Å². The van der Waals surface area contributed by atoms with Crippen molar-refractivity contribution in [2.24, 2.45) is 66.0 Å². The highest BCUT2D eigenvalue weighted by atomic mass is 16.3. The molecule has 69 heavy (non-hydrogen) atoms. The fraction of sp³-hybridized carbons (Fsp3) is 0.694. The van der Waals surface area contributed by atoms with Crippen LogP contribution in [0.2, 0.25) is 0 Å². The van der Waals surface area contributed by atoms with E-state index in [-0.39, 0.29) is 72.3 Å². The zero-order valence-electron chi connectivity index (χ0n) is 45.7. The molecule has 10 aliphatic carbocycles. The van der Waals surface area contributed by atoms with Gasteiger partial charge in [-0.05, 0) is 202 Å². The Bertz CT molecular complexity index is 2580. The third kappa shape index (κ3) is 6.82. The van der Waals surface area contributed by atoms with E-state index in [0.717, 1.165) is 72.8 Å². The van der Waals surface area contributed by atoms with Crippen LogP contribution in [0, 0.1) is 66.0 Å². The minimum atomic E-state index is -0.304. The zero-order valence-corrected chi connectivity index (χ0v) is 45.7. The number of fused-ring (bicyclic) bond motifs is 14. The van der Waals surface area contributed by atoms with Crippen LogP contribution in [0.4, 0.5) is 0 Å². The Balaban J connectivity index is 0.000000172. The summed E-state index contributed by atoms with van der Waals surface area (Å²) in [6, 6.07) is 0. The number of carbonyl (C=O) groups is 3. The van der Waals surface area contributed by atoms with Gasteiger partial charge in [-0.3, -0.25) is 14.4 Å². The van der Waals surface area contributed by atoms with E-state index in [1.54, 1.807) is 17.1 Å². The van der Waals surface area contributed by atoms with Gasteiger partial charge in [0.1, 0.15) is 0 Å². The molecule has 6 saturated carbocycles. The van der Waals surface area contributed by atoms with Gasteiger partial charge >= 0.3 is 0 Å². The number of hydrogen-bond acceptors (Lipinski definition) is 6. The van der Waals surface area contributed by atoms with E-state index in [9.17, 15) is 24.6 Å². The van der Waals surface area contributed by atoms with Crippen LogP contribution < -0.4 is 0 Å². The lowest BCUT2D eigenvalue weighted by Crippen LogP contribution is -2.62. The Kier molecular flexibility index (Phi) is 11.4. The first-order valence-corrected chi connectivity index (χ1v) is 26.9. The van der Waals surface area contributed by atoms with Gasteiger partial charge in [0.25, 0.3) is 0 Å². The van der Waals surface area contributed by atoms with Gasteiger partial charge in [0.05, 0.1) is 0 Å². The predicted molar refractivity (Wildman–Crippen MR) is 279 cm³/mol. The molecule has 0 spiro atoms. The van der Waals surface area contributed by atoms with Crippen molar-refractivity contribution < 1.29 is 24.6 Å². The molecule has 0 aliphatic heterocycles. The average molecular weight is 941 g/mol. The lowest BCUT2D eigenvalue weighted by Gasteiger charge is -2.70. The summed E-state index contributed by atoms with van der Waals surface area (Å²) >= 11 is 0. The molecule has 1 amide bonds. The molecule has 7 heteroatoms. The molecule has 0 aromatic heterocycles. The van der Waals surface area contributed by atoms with E-state index in [1.165, 1.54) is 62.6 Å². The predicted octanol–water partition coefficient (Wildman–Crippen LogP) is 13.9. The molecule has 2 N–H and O–H groups in total. The molecule has 0 aromatic rings. The largest absolute Gasteiger partial charge is 0.504 e. The summed E-state index contributed by atoms with van der Waals surface area (Å²) in [5.74, 6) is 0.755. The van der Waals surface area contributed by atoms with Crippen molar-refractivity contribution in [2.75, 3.05) is 34.7 Å². The minimum absolute atomic E-state index is 0.00732. The minimum Gasteiger partial charge on any atom is -0.504 e. The number of carbonyl (C=O) groups excluding carboxylic acids is 3. The standard InChI is InChI=1S/C31H43NO3.C31H45NO2/c1-19-20-9-10-23-29(4,21(20)17-22(33)25(19)34)14-16-31(6)24-18-28(3,26(35)32(7)8)12-11-27(24,2)13-15-30(23,31)5;1-20-21-9-10-24-29(4,22(21)17-23(33)26(20)34)14-16-31(6)25-18-27(2,19-32(7)8)11-12-28(25,3)13-15-30(24,31)5/h9-10,17,24,34H,11-16,18H2,1-8H3;9-10,17,25,34H,11-16,18-19H2,1-8H3/t24-,27-,28-,29+,30-,31+;25-,27-,28-,29+,30-,31+/m11/s1. The van der Waals surface area contributed by atoms with Crippen molar-refractivity contribution in [3.8, 4) is 0 Å². The average Bonchev–Trinajstić information content (AvgIpc) is 3.28. The Morgan fingerprint density at radius 3 is 1.38 bits per heavy atom. The Hall–Kier alpha value is -3.71. The zero-order chi connectivity index (χ0) is 50.7. The topological polar surface area (TPSA) is 98.1 Å². The molecule has 12 atom stereocenters. The van der Waals surface area contributed by atoms with E-state index in [4.69, 9.17) is 0 Å². The lowest BCUT2D eigenvalue weighted by molar-refractivity contribution is -0.173. The summed E-state index contributed by atoms with van der Waals surface area (Å²) in [7, 11) is 8.23. The van der Waals surface area contributed by atoms with E-state index in [1.807, 2.05) is 27.9 Å². The molecule has 0 radical (unpaired) electrons. The summed E-state index contributed by atoms with van der Waals surface area (Å²) in [6.45, 7) is 29.6. The van der Waals surface area contributed by atoms with Crippen LogP contribution in [0.15, 0.2) is 92.6 Å². The van der Waals surface area contributed by atoms with Crippen molar-refractivity contribution >= 4 is 17.5 Å². The molecule has 0 aromatic carbocycles. The first-order valence-electron chi connectivity index (χ1n) is 26.9. The van der Waals surface area contributed by atoms with Crippen LogP contribution in [0.1, 0.15) is 173 Å². The van der Waals surface area contributed by atoms with Crippen LogP contribution in [-0.2, 0) is 14.4 Å². The quantitative estimate of drug-likeness (QED) is 0.292. The highest BCUT2D eigenvalue weighted by Crippen LogP contribution is 2.77. The monoisotopic (exact) mass is 941 g/mol. The molecule has 0 heterocycles. The number of allylic oxidation sites excluding steroid dienone is 14. The first kappa shape index (κ1) is 50.2. The number of nitrogens with zero attached hydrogens (tertiary/aromatic N) is 2. The Morgan fingerprint density at radius 2 is 0.957 bits per heavy atom. The smallest absolute Gasteiger partial charge is 0.227 e. The molecule has 7 nitrogen and oxygen atoms in total. The SMILES string of the molecule is CC1=C(O)C(=O)C=C2C1=CC=C1[C@@]2(C)CC[C@@]2(C)[C@@H]3C[C@](C)(C(=O)N(C)C)CC[C@]3(C)CC[C@]12C.CC1=C(O)C(=O)C=C2C1=CC=C1[C@@]2(C)CC[C@@]2(C)[C@@H]3C[C@](C)(CN(C)C)CC[C@]3(C)CC[C@]12C. The number of hydrogen-bond donors (Lipinski definition) is 2. The van der Waals surface area contributed by atoms with Crippen molar-refractivity contribution in [1.82, 2.24) is 9.80 Å². The highest BCUT2D eigenvalue weighted by Gasteiger charge is 2.69. The van der Waals surface area contributed by atoms with Gasteiger partial charge in [-0.15, -0.1) is 0 Å². The van der Waals surface area contributed by atoms with Crippen molar-refractivity contribution in [3.63, 3.8) is 0 Å². The normalized spacial score (nSPS) is 45.4. The summed E-state index contributed by atoms with van der Waals surface area (Å²) in [6.07, 6.45) is 28.7. The van der Waals surface area contributed by atoms with Crippen LogP contribution in [-0.4, -0.2) is 72.2 Å². The summed E-state index contributed by atoms with van der Waals surface area (Å²) in [4.78, 5) is 42.8. The number of rotatable bonds is 3. The molecule has 0 saturated heterocycles. The molecule has 6 fully saturated rings. The van der Waals surface area contributed by atoms with Gasteiger partial charge in [-0.2, -0.15) is 0 Å². The van der Waals surface area contributed by atoms with Gasteiger partial charge < -0.3 is 20.0 Å². The number of aliphatic hydroxyl groups excluding tert-OH is 2. The first-order chi connectivity index (χ1) is 31.8. The van der Waals surface area contributed by atoms with Gasteiger partial charge in [-0.1, -0.05) is 105 Å². The molecular formula is C62H88N2O5. The maximum Gasteiger partial charge on any atom is 0.227 e. The third-order valence-electron chi connectivity index (χ3n) is 23.5. The molecule has 10 rings (SSSR count). The van der Waals surface area contributed by atoms with E-state index in [0.29, 0.717) is 28.2 Å². The summed E-state index contributed by atoms with van der Waals surface area (Å²) < 4.78 is 0. The van der Waals surface area contributed by atoms with Gasteiger partial charge in [0, 0.05) is 48.0 Å². The maximum absolute atomic E-state index is 13.3. The Labute approximate surface area is 416 Å². The van der Waals surface area contributed by atoms with Crippen molar-refractivity contribution in [3.05, 3.63) is 92.6 Å². The second-order valence-electron chi connectivity index (χ2n) is 27.9. The second kappa shape index (κ2) is 15.6. The summed E-state index contributed by atoms with van der Waals surface area (Å²) in [5.41, 5.74) is 9.58. The number of amides is 1. The molecule has 376 valence electrons. The molecule has 0 bridgehead atoms. The van der Waals surface area contributed by atoms with Gasteiger partial charge in [0.15, 0.2) is 11.5 Å². The van der Waals surface area contributed by atoms with Gasteiger partial charge in [0.2, 0.25) is 17.5 Å². The lowest BCUT2D eigenvalue weighted by atomic mass is 9.34. The number of ketones is 2. The second-order valence-corrected chi connectivity index (χ2v) is 27.9. The summed E-state index contributed by atoms with van der Waals surface area (Å²) in [5, 5.41) is 20.7. The van der Waals surface area contributed by atoms with Crippen LogP contribution in [0.3, 0.4) is 0 Å². The fourth-order valence-corrected chi connectivity index (χ4v) is 18.6. The van der Waals surface area contributed by atoms with Crippen LogP contribution >= 0.6 is 0 Å². The van der Waals surface area contributed by atoms with Crippen molar-refractivity contribution in [1.29, 1.82) is 0 Å². The number of aliphatic hydroxyl groups is 2. The third-order valence-corrected chi connectivity index (χ3v) is 23.5. The van der Waals surface area contributed by atoms with Crippen molar-refractivity contribution in [2.45, 2.75) is 173 Å². The van der Waals surface area contributed by atoms with E-state index in [2.05, 4.69) is 113 Å². The van der Waals surface area contributed by atoms with Gasteiger partial charge in [-0.25, -0.2) is 0 Å². The molecule has 0 unspecified atom stereocenters. The van der Waals surface area contributed by atoms with E-state index >= 15 is 0 Å². The fourth-order valence-electron chi connectivity index (χ4n) is 18.6. The Morgan fingerprint density at radius 1 is 0.551 bits per heavy atom. The highest BCUT2D eigenvalue weighted by molar-refractivity contribution is 6.07. The van der Waals surface area contributed by atoms with Crippen LogP contribution in [0.5, 0.6) is 0 Å². The molecular weight excluding hydrogens is 853 g/mol. The maximum atomic E-state index is 13.3. The molecule has 10 aliphatic rings. The van der Waals surface area contributed by atoms with Crippen LogP contribution in [0.25, 0.3) is 0 Å².